The number of carbonyl (C=O) groups is 1. The van der Waals surface area contributed by atoms with Crippen LogP contribution in [0.25, 0.3) is 10.6 Å². The van der Waals surface area contributed by atoms with Crippen molar-refractivity contribution in [3.8, 4) is 10.6 Å². The molecule has 1 amide bonds. The van der Waals surface area contributed by atoms with Crippen molar-refractivity contribution in [1.29, 1.82) is 0 Å². The standard InChI is InChI=1S/C20H19FN4O3S2/c1-12-18(29-20(22-12)13-2-4-14(21)5-3-13)19(26)24-23-15-8-10-17(11-9-15)30(27,28)25-16-6-7-16/h2-5,8-11,16,23,25H,6-7H2,1H3,(H,24,26). The fourth-order valence-electron chi connectivity index (χ4n) is 2.71. The summed E-state index contributed by atoms with van der Waals surface area (Å²) in [6, 6.07) is 12.1. The van der Waals surface area contributed by atoms with Crippen LogP contribution in [0.3, 0.4) is 0 Å². The molecule has 0 spiro atoms. The summed E-state index contributed by atoms with van der Waals surface area (Å²) in [6.45, 7) is 1.73. The van der Waals surface area contributed by atoms with Gasteiger partial charge >= 0.3 is 0 Å². The molecule has 0 saturated heterocycles. The zero-order valence-electron chi connectivity index (χ0n) is 16.0. The van der Waals surface area contributed by atoms with Gasteiger partial charge in [0, 0.05) is 11.6 Å². The minimum atomic E-state index is -3.52. The van der Waals surface area contributed by atoms with Gasteiger partial charge < -0.3 is 0 Å². The normalized spacial score (nSPS) is 13.8. The van der Waals surface area contributed by atoms with E-state index in [0.717, 1.165) is 18.4 Å². The van der Waals surface area contributed by atoms with Crippen molar-refractivity contribution in [2.24, 2.45) is 0 Å². The Bertz CT molecular complexity index is 1170. The van der Waals surface area contributed by atoms with Crippen LogP contribution in [0.1, 0.15) is 28.2 Å². The Morgan fingerprint density at radius 3 is 2.40 bits per heavy atom. The van der Waals surface area contributed by atoms with E-state index in [1.807, 2.05) is 0 Å². The number of hydrazine groups is 1. The van der Waals surface area contributed by atoms with E-state index < -0.39 is 10.0 Å². The summed E-state index contributed by atoms with van der Waals surface area (Å²) in [7, 11) is -3.52. The van der Waals surface area contributed by atoms with E-state index in [9.17, 15) is 17.6 Å². The number of hydrogen-bond donors (Lipinski definition) is 3. The molecule has 0 radical (unpaired) electrons. The molecule has 1 aromatic heterocycles. The highest BCUT2D eigenvalue weighted by Crippen LogP contribution is 2.28. The monoisotopic (exact) mass is 446 g/mol. The first kappa shape index (κ1) is 20.5. The molecule has 0 atom stereocenters. The molecule has 1 heterocycles. The van der Waals surface area contributed by atoms with E-state index in [-0.39, 0.29) is 22.7 Å². The van der Waals surface area contributed by atoms with Gasteiger partial charge in [-0.3, -0.25) is 15.6 Å². The zero-order valence-corrected chi connectivity index (χ0v) is 17.6. The second kappa shape index (κ2) is 8.13. The molecule has 3 aromatic rings. The summed E-state index contributed by atoms with van der Waals surface area (Å²) in [5, 5.41) is 0.621. The number of nitrogens with one attached hydrogen (secondary N) is 3. The minimum Gasteiger partial charge on any atom is -0.298 e. The van der Waals surface area contributed by atoms with Crippen molar-refractivity contribution in [3.63, 3.8) is 0 Å². The van der Waals surface area contributed by atoms with Crippen molar-refractivity contribution >= 4 is 33.0 Å². The number of benzene rings is 2. The summed E-state index contributed by atoms with van der Waals surface area (Å²) in [6.07, 6.45) is 1.73. The maximum absolute atomic E-state index is 13.1. The van der Waals surface area contributed by atoms with Crippen LogP contribution in [0.5, 0.6) is 0 Å². The van der Waals surface area contributed by atoms with E-state index in [2.05, 4.69) is 20.6 Å². The number of amides is 1. The molecule has 10 heteroatoms. The fourth-order valence-corrected chi connectivity index (χ4v) is 4.99. The number of sulfonamides is 1. The summed E-state index contributed by atoms with van der Waals surface area (Å²) >= 11 is 1.21. The number of aryl methyl sites for hydroxylation is 1. The third-order valence-corrected chi connectivity index (χ3v) is 7.22. The Morgan fingerprint density at radius 2 is 1.77 bits per heavy atom. The van der Waals surface area contributed by atoms with Crippen LogP contribution in [0.2, 0.25) is 0 Å². The third-order valence-electron chi connectivity index (χ3n) is 4.48. The highest BCUT2D eigenvalue weighted by Gasteiger charge is 2.27. The van der Waals surface area contributed by atoms with Crippen molar-refractivity contribution in [1.82, 2.24) is 15.1 Å². The van der Waals surface area contributed by atoms with E-state index in [1.54, 1.807) is 31.2 Å². The summed E-state index contributed by atoms with van der Waals surface area (Å²) < 4.78 is 40.1. The topological polar surface area (TPSA) is 100 Å². The quantitative estimate of drug-likeness (QED) is 0.483. The van der Waals surface area contributed by atoms with Crippen LogP contribution in [0, 0.1) is 12.7 Å². The average Bonchev–Trinajstić information content (AvgIpc) is 3.44. The molecule has 30 heavy (non-hydrogen) atoms. The van der Waals surface area contributed by atoms with E-state index in [1.165, 1.54) is 35.6 Å². The molecule has 0 bridgehead atoms. The Labute approximate surface area is 177 Å². The van der Waals surface area contributed by atoms with Gasteiger partial charge in [-0.2, -0.15) is 0 Å². The smallest absolute Gasteiger partial charge is 0.281 e. The maximum Gasteiger partial charge on any atom is 0.281 e. The molecule has 1 saturated carbocycles. The molecule has 1 fully saturated rings. The molecule has 0 unspecified atom stereocenters. The molecule has 0 aliphatic heterocycles. The van der Waals surface area contributed by atoms with Crippen LogP contribution in [0.4, 0.5) is 10.1 Å². The van der Waals surface area contributed by atoms with E-state index in [0.29, 0.717) is 21.3 Å². The SMILES string of the molecule is Cc1nc(-c2ccc(F)cc2)sc1C(=O)NNc1ccc(S(=O)(=O)NC2CC2)cc1. The van der Waals surface area contributed by atoms with Gasteiger partial charge in [-0.1, -0.05) is 0 Å². The van der Waals surface area contributed by atoms with Gasteiger partial charge in [0.1, 0.15) is 15.7 Å². The molecular weight excluding hydrogens is 427 g/mol. The zero-order chi connectivity index (χ0) is 21.3. The van der Waals surface area contributed by atoms with Gasteiger partial charge in [-0.25, -0.2) is 22.5 Å². The molecular formula is C20H19FN4O3S2. The van der Waals surface area contributed by atoms with Gasteiger partial charge in [0.2, 0.25) is 10.0 Å². The first-order valence-corrected chi connectivity index (χ1v) is 11.5. The lowest BCUT2D eigenvalue weighted by Gasteiger charge is -2.09. The number of halogens is 1. The van der Waals surface area contributed by atoms with Crippen molar-refractivity contribution in [3.05, 3.63) is 64.9 Å². The molecule has 3 N–H and O–H groups in total. The van der Waals surface area contributed by atoms with Crippen LogP contribution in [-0.4, -0.2) is 25.4 Å². The Morgan fingerprint density at radius 1 is 1.10 bits per heavy atom. The lowest BCUT2D eigenvalue weighted by atomic mass is 10.2. The van der Waals surface area contributed by atoms with E-state index >= 15 is 0 Å². The van der Waals surface area contributed by atoms with Crippen molar-refractivity contribution < 1.29 is 17.6 Å². The third kappa shape index (κ3) is 4.66. The highest BCUT2D eigenvalue weighted by atomic mass is 32.2. The lowest BCUT2D eigenvalue weighted by molar-refractivity contribution is 0.0966. The second-order valence-corrected chi connectivity index (χ2v) is 9.65. The van der Waals surface area contributed by atoms with Gasteiger partial charge in [-0.15, -0.1) is 11.3 Å². The number of nitrogens with zero attached hydrogens (tertiary/aromatic N) is 1. The maximum atomic E-state index is 13.1. The summed E-state index contributed by atoms with van der Waals surface area (Å²) in [5.41, 5.74) is 7.19. The fraction of sp³-hybridized carbons (Fsp3) is 0.200. The number of aromatic nitrogens is 1. The summed E-state index contributed by atoms with van der Waals surface area (Å²) in [5.74, 6) is -0.707. The van der Waals surface area contributed by atoms with Crippen LogP contribution in [-0.2, 0) is 10.0 Å². The average molecular weight is 447 g/mol. The van der Waals surface area contributed by atoms with Crippen LogP contribution >= 0.6 is 11.3 Å². The van der Waals surface area contributed by atoms with Crippen molar-refractivity contribution in [2.45, 2.75) is 30.7 Å². The second-order valence-electron chi connectivity index (χ2n) is 6.94. The summed E-state index contributed by atoms with van der Waals surface area (Å²) in [4.78, 5) is 17.5. The Hall–Kier alpha value is -2.82. The Balaban J connectivity index is 1.40. The number of hydrogen-bond acceptors (Lipinski definition) is 6. The van der Waals surface area contributed by atoms with Crippen molar-refractivity contribution in [2.75, 3.05) is 5.43 Å². The van der Waals surface area contributed by atoms with Gasteiger partial charge in [0.15, 0.2) is 0 Å². The molecule has 1 aliphatic carbocycles. The predicted molar refractivity (Wildman–Crippen MR) is 113 cm³/mol. The number of rotatable bonds is 7. The van der Waals surface area contributed by atoms with Gasteiger partial charge in [-0.05, 0) is 68.3 Å². The molecule has 156 valence electrons. The lowest BCUT2D eigenvalue weighted by Crippen LogP contribution is -2.29. The number of carbonyl (C=O) groups excluding carboxylic acids is 1. The molecule has 2 aromatic carbocycles. The number of thiazole rings is 1. The highest BCUT2D eigenvalue weighted by molar-refractivity contribution is 7.89. The largest absolute Gasteiger partial charge is 0.298 e. The van der Waals surface area contributed by atoms with Crippen LogP contribution < -0.4 is 15.6 Å². The molecule has 4 rings (SSSR count). The minimum absolute atomic E-state index is 0.0366. The Kier molecular flexibility index (Phi) is 5.54. The molecule has 1 aliphatic rings. The van der Waals surface area contributed by atoms with E-state index in [4.69, 9.17) is 0 Å². The van der Waals surface area contributed by atoms with Gasteiger partial charge in [0.25, 0.3) is 5.91 Å². The number of anilines is 1. The van der Waals surface area contributed by atoms with Gasteiger partial charge in [0.05, 0.1) is 16.3 Å². The van der Waals surface area contributed by atoms with Crippen LogP contribution in [0.15, 0.2) is 53.4 Å². The molecule has 7 nitrogen and oxygen atoms in total. The predicted octanol–water partition coefficient (Wildman–Crippen LogP) is 3.46. The first-order valence-electron chi connectivity index (χ1n) is 9.24. The first-order chi connectivity index (χ1) is 14.3.